The number of amides is 1. The maximum atomic E-state index is 13.0. The van der Waals surface area contributed by atoms with Crippen LogP contribution in [0.2, 0.25) is 0 Å². The summed E-state index contributed by atoms with van der Waals surface area (Å²) in [7, 11) is -5.37. The topological polar surface area (TPSA) is 66.9 Å². The molecule has 34 heavy (non-hydrogen) atoms. The van der Waals surface area contributed by atoms with E-state index in [1.807, 2.05) is 4.90 Å². The fourth-order valence-corrected chi connectivity index (χ4v) is 5.24. The van der Waals surface area contributed by atoms with Crippen molar-refractivity contribution in [2.45, 2.75) is 48.7 Å². The quantitative estimate of drug-likeness (QED) is 0.573. The van der Waals surface area contributed by atoms with Crippen LogP contribution in [0, 0.1) is 0 Å². The normalized spacial score (nSPS) is 19.5. The van der Waals surface area contributed by atoms with Crippen LogP contribution in [-0.4, -0.2) is 61.9 Å². The minimum Gasteiger partial charge on any atom is -0.489 e. The average molecular weight is 497 g/mol. The number of halogens is 3. The fraction of sp³-hybridized carbons (Fsp3) is 0.458. The van der Waals surface area contributed by atoms with Crippen LogP contribution in [0.1, 0.15) is 41.6 Å². The molecule has 1 atom stereocenters. The largest absolute Gasteiger partial charge is 0.501 e. The molecule has 4 rings (SSSR count). The molecular weight excluding hydrogens is 469 g/mol. The lowest BCUT2D eigenvalue weighted by atomic mass is 10.1. The van der Waals surface area contributed by atoms with Gasteiger partial charge in [-0.25, -0.2) is 8.42 Å². The second-order valence-electron chi connectivity index (χ2n) is 8.71. The summed E-state index contributed by atoms with van der Waals surface area (Å²) in [5.74, 6) is 0.508. The van der Waals surface area contributed by atoms with Crippen molar-refractivity contribution in [3.05, 3.63) is 59.7 Å². The number of carbonyl (C=O) groups is 1. The van der Waals surface area contributed by atoms with Gasteiger partial charge in [0.25, 0.3) is 15.7 Å². The highest BCUT2D eigenvalue weighted by molar-refractivity contribution is 7.92. The molecule has 0 aromatic heterocycles. The van der Waals surface area contributed by atoms with Crippen molar-refractivity contribution in [2.75, 3.05) is 26.2 Å². The maximum absolute atomic E-state index is 13.0. The molecule has 6 nitrogen and oxygen atoms in total. The Labute approximate surface area is 197 Å². The number of alkyl halides is 3. The molecule has 2 fully saturated rings. The van der Waals surface area contributed by atoms with Crippen LogP contribution in [0.25, 0.3) is 0 Å². The van der Waals surface area contributed by atoms with Gasteiger partial charge in [-0.3, -0.25) is 4.79 Å². The van der Waals surface area contributed by atoms with Crippen molar-refractivity contribution < 1.29 is 31.1 Å². The number of hydrogen-bond donors (Lipinski definition) is 0. The third-order valence-corrected chi connectivity index (χ3v) is 7.85. The molecule has 0 radical (unpaired) electrons. The van der Waals surface area contributed by atoms with Gasteiger partial charge in [0.05, 0.1) is 4.90 Å². The fourth-order valence-electron chi connectivity index (χ4n) is 4.48. The number of hydrogen-bond acceptors (Lipinski definition) is 5. The molecule has 2 heterocycles. The first-order valence-electron chi connectivity index (χ1n) is 11.3. The predicted octanol–water partition coefficient (Wildman–Crippen LogP) is 4.26. The summed E-state index contributed by atoms with van der Waals surface area (Å²) in [6.07, 6.45) is 4.47. The molecule has 2 aliphatic rings. The smallest absolute Gasteiger partial charge is 0.489 e. The number of nitrogens with zero attached hydrogens (tertiary/aromatic N) is 2. The minimum atomic E-state index is -5.37. The number of likely N-dealkylation sites (tertiary alicyclic amines) is 2. The van der Waals surface area contributed by atoms with Crippen LogP contribution in [0.3, 0.4) is 0 Å². The first-order chi connectivity index (χ1) is 16.1. The second kappa shape index (κ2) is 9.95. The van der Waals surface area contributed by atoms with Crippen molar-refractivity contribution in [1.82, 2.24) is 9.80 Å². The molecule has 0 bridgehead atoms. The summed E-state index contributed by atoms with van der Waals surface area (Å²) >= 11 is 0. The Morgan fingerprint density at radius 2 is 1.59 bits per heavy atom. The standard InChI is InChI=1S/C24H27F3N2O4S/c25-24(26,27)34(31,32)22-11-5-18(6-12-22)17-33-21-9-7-19(8-10-21)23(30)29-15-3-4-20(29)16-28-13-1-2-14-28/h5-12,20H,1-4,13-17H2. The Morgan fingerprint density at radius 1 is 0.941 bits per heavy atom. The summed E-state index contributed by atoms with van der Waals surface area (Å²) in [6.45, 7) is 3.94. The Balaban J connectivity index is 1.33. The number of sulfone groups is 1. The van der Waals surface area contributed by atoms with E-state index in [-0.39, 0.29) is 18.6 Å². The van der Waals surface area contributed by atoms with Gasteiger partial charge in [-0.1, -0.05) is 12.1 Å². The molecular formula is C24H27F3N2O4S. The van der Waals surface area contributed by atoms with Crippen LogP contribution in [-0.2, 0) is 16.4 Å². The highest BCUT2D eigenvalue weighted by Gasteiger charge is 2.46. The van der Waals surface area contributed by atoms with Crippen molar-refractivity contribution in [3.8, 4) is 5.75 Å². The monoisotopic (exact) mass is 496 g/mol. The lowest BCUT2D eigenvalue weighted by Crippen LogP contribution is -2.42. The van der Waals surface area contributed by atoms with Gasteiger partial charge < -0.3 is 14.5 Å². The van der Waals surface area contributed by atoms with E-state index in [1.165, 1.54) is 25.0 Å². The summed E-state index contributed by atoms with van der Waals surface area (Å²) in [6, 6.07) is 11.4. The van der Waals surface area contributed by atoms with Gasteiger partial charge in [0.15, 0.2) is 0 Å². The summed E-state index contributed by atoms with van der Waals surface area (Å²) in [4.78, 5) is 16.6. The Hall–Kier alpha value is -2.59. The molecule has 1 unspecified atom stereocenters. The zero-order chi connectivity index (χ0) is 24.3. The van der Waals surface area contributed by atoms with Crippen molar-refractivity contribution >= 4 is 15.7 Å². The first-order valence-corrected chi connectivity index (χ1v) is 12.8. The lowest BCUT2D eigenvalue weighted by Gasteiger charge is -2.28. The molecule has 1 amide bonds. The highest BCUT2D eigenvalue weighted by Crippen LogP contribution is 2.30. The SMILES string of the molecule is O=C(c1ccc(OCc2ccc(S(=O)(=O)C(F)(F)F)cc2)cc1)N1CCCC1CN1CCCC1. The number of benzene rings is 2. The zero-order valence-corrected chi connectivity index (χ0v) is 19.4. The van der Waals surface area contributed by atoms with E-state index in [4.69, 9.17) is 4.74 Å². The van der Waals surface area contributed by atoms with Gasteiger partial charge in [0.1, 0.15) is 12.4 Å². The van der Waals surface area contributed by atoms with E-state index in [9.17, 15) is 26.4 Å². The van der Waals surface area contributed by atoms with Crippen LogP contribution in [0.4, 0.5) is 13.2 Å². The number of carbonyl (C=O) groups excluding carboxylic acids is 1. The van der Waals surface area contributed by atoms with Crippen molar-refractivity contribution in [3.63, 3.8) is 0 Å². The molecule has 184 valence electrons. The second-order valence-corrected chi connectivity index (χ2v) is 10.6. The van der Waals surface area contributed by atoms with Crippen LogP contribution < -0.4 is 4.74 Å². The molecule has 0 saturated carbocycles. The highest BCUT2D eigenvalue weighted by atomic mass is 32.2. The molecule has 2 aromatic rings. The van der Waals surface area contributed by atoms with E-state index >= 15 is 0 Å². The van der Waals surface area contributed by atoms with E-state index in [2.05, 4.69) is 4.90 Å². The van der Waals surface area contributed by atoms with E-state index in [0.29, 0.717) is 16.9 Å². The van der Waals surface area contributed by atoms with E-state index in [1.54, 1.807) is 24.3 Å². The number of ether oxygens (including phenoxy) is 1. The van der Waals surface area contributed by atoms with Gasteiger partial charge in [0.2, 0.25) is 0 Å². The van der Waals surface area contributed by atoms with Crippen LogP contribution in [0.15, 0.2) is 53.4 Å². The minimum absolute atomic E-state index is 0.00899. The Kier molecular flexibility index (Phi) is 7.18. The van der Waals surface area contributed by atoms with Crippen LogP contribution >= 0.6 is 0 Å². The Morgan fingerprint density at radius 3 is 2.21 bits per heavy atom. The predicted molar refractivity (Wildman–Crippen MR) is 120 cm³/mol. The van der Waals surface area contributed by atoms with E-state index in [0.717, 1.165) is 51.2 Å². The van der Waals surface area contributed by atoms with Gasteiger partial charge >= 0.3 is 5.51 Å². The molecule has 10 heteroatoms. The Bertz CT molecular complexity index is 1100. The third-order valence-electron chi connectivity index (χ3n) is 6.35. The summed E-state index contributed by atoms with van der Waals surface area (Å²) < 4.78 is 66.5. The van der Waals surface area contributed by atoms with Gasteiger partial charge in [-0.15, -0.1) is 0 Å². The zero-order valence-electron chi connectivity index (χ0n) is 18.6. The third kappa shape index (κ3) is 5.38. The maximum Gasteiger partial charge on any atom is 0.501 e. The first kappa shape index (κ1) is 24.5. The molecule has 0 N–H and O–H groups in total. The summed E-state index contributed by atoms with van der Waals surface area (Å²) in [5.41, 5.74) is -4.24. The van der Waals surface area contributed by atoms with Crippen molar-refractivity contribution in [1.29, 1.82) is 0 Å². The molecule has 2 aromatic carbocycles. The van der Waals surface area contributed by atoms with Gasteiger partial charge in [-0.05, 0) is 80.7 Å². The van der Waals surface area contributed by atoms with E-state index < -0.39 is 20.2 Å². The van der Waals surface area contributed by atoms with Crippen LogP contribution in [0.5, 0.6) is 5.75 Å². The van der Waals surface area contributed by atoms with Gasteiger partial charge in [0, 0.05) is 24.7 Å². The molecule has 2 saturated heterocycles. The molecule has 0 spiro atoms. The average Bonchev–Trinajstić information content (AvgIpc) is 3.50. The molecule has 2 aliphatic heterocycles. The summed E-state index contributed by atoms with van der Waals surface area (Å²) in [5, 5.41) is 0. The van der Waals surface area contributed by atoms with Gasteiger partial charge in [-0.2, -0.15) is 13.2 Å². The number of rotatable bonds is 7. The molecule has 0 aliphatic carbocycles. The lowest BCUT2D eigenvalue weighted by molar-refractivity contribution is -0.0436. The van der Waals surface area contributed by atoms with Crippen molar-refractivity contribution in [2.24, 2.45) is 0 Å².